The summed E-state index contributed by atoms with van der Waals surface area (Å²) in [5, 5.41) is 0. The Hall–Kier alpha value is -3.61. The minimum absolute atomic E-state index is 0.0958. The van der Waals surface area contributed by atoms with Crippen LogP contribution in [0.15, 0.2) is 65.5 Å². The van der Waals surface area contributed by atoms with Crippen LogP contribution >= 0.6 is 0 Å². The summed E-state index contributed by atoms with van der Waals surface area (Å²) in [5.41, 5.74) is 1.15. The van der Waals surface area contributed by atoms with Gasteiger partial charge in [0.1, 0.15) is 29.0 Å². The van der Waals surface area contributed by atoms with Crippen molar-refractivity contribution in [3.63, 3.8) is 0 Å². The Balaban J connectivity index is 1.40. The second-order valence-corrected chi connectivity index (χ2v) is 7.41. The Bertz CT molecular complexity index is 1120. The number of ether oxygens (including phenoxy) is 2. The summed E-state index contributed by atoms with van der Waals surface area (Å²) >= 11 is 0. The SMILES string of the molecule is COc1ccc(-c2ccc(C(=O)N3CCC(Oc4cccc(F)c4)CC3)c(=O)[nH]2)cc1. The average Bonchev–Trinajstić information content (AvgIpc) is 2.79. The molecule has 3 aromatic rings. The Morgan fingerprint density at radius 2 is 1.77 bits per heavy atom. The summed E-state index contributed by atoms with van der Waals surface area (Å²) in [7, 11) is 1.59. The van der Waals surface area contributed by atoms with Crippen molar-refractivity contribution in [2.45, 2.75) is 18.9 Å². The molecule has 0 radical (unpaired) electrons. The lowest BCUT2D eigenvalue weighted by Crippen LogP contribution is -2.43. The van der Waals surface area contributed by atoms with Crippen LogP contribution in [0.25, 0.3) is 11.3 Å². The monoisotopic (exact) mass is 422 g/mol. The highest BCUT2D eigenvalue weighted by Gasteiger charge is 2.26. The van der Waals surface area contributed by atoms with Crippen molar-refractivity contribution < 1.29 is 18.7 Å². The molecule has 31 heavy (non-hydrogen) atoms. The van der Waals surface area contributed by atoms with Crippen LogP contribution in [-0.4, -0.2) is 42.1 Å². The van der Waals surface area contributed by atoms with Crippen LogP contribution < -0.4 is 15.0 Å². The van der Waals surface area contributed by atoms with Gasteiger partial charge in [-0.2, -0.15) is 0 Å². The van der Waals surface area contributed by atoms with Gasteiger partial charge >= 0.3 is 0 Å². The number of pyridine rings is 1. The lowest BCUT2D eigenvalue weighted by atomic mass is 10.1. The second-order valence-electron chi connectivity index (χ2n) is 7.41. The predicted molar refractivity (Wildman–Crippen MR) is 115 cm³/mol. The number of carbonyl (C=O) groups is 1. The molecule has 0 saturated carbocycles. The minimum atomic E-state index is -0.420. The largest absolute Gasteiger partial charge is 0.497 e. The average molecular weight is 422 g/mol. The third-order valence-corrected chi connectivity index (χ3v) is 5.37. The van der Waals surface area contributed by atoms with E-state index in [-0.39, 0.29) is 23.4 Å². The molecule has 1 fully saturated rings. The summed E-state index contributed by atoms with van der Waals surface area (Å²) in [5.74, 6) is 0.562. The van der Waals surface area contributed by atoms with Gasteiger partial charge in [-0.1, -0.05) is 6.07 Å². The number of nitrogens with zero attached hydrogens (tertiary/aromatic N) is 1. The van der Waals surface area contributed by atoms with Gasteiger partial charge < -0.3 is 19.4 Å². The number of likely N-dealkylation sites (tertiary alicyclic amines) is 1. The fourth-order valence-corrected chi connectivity index (χ4v) is 3.66. The van der Waals surface area contributed by atoms with E-state index in [0.29, 0.717) is 37.4 Å². The molecule has 0 bridgehead atoms. The zero-order valence-electron chi connectivity index (χ0n) is 17.1. The molecule has 6 nitrogen and oxygen atoms in total. The normalized spacial score (nSPS) is 14.3. The maximum Gasteiger partial charge on any atom is 0.261 e. The number of amides is 1. The van der Waals surface area contributed by atoms with E-state index in [4.69, 9.17) is 9.47 Å². The molecular weight excluding hydrogens is 399 g/mol. The van der Waals surface area contributed by atoms with Crippen LogP contribution in [0.4, 0.5) is 4.39 Å². The number of nitrogens with one attached hydrogen (secondary N) is 1. The molecule has 1 aromatic heterocycles. The molecule has 160 valence electrons. The molecule has 1 aliphatic heterocycles. The summed E-state index contributed by atoms with van der Waals surface area (Å²) in [6, 6.07) is 16.6. The number of hydrogen-bond donors (Lipinski definition) is 1. The van der Waals surface area contributed by atoms with Crippen molar-refractivity contribution in [2.75, 3.05) is 20.2 Å². The molecule has 0 atom stereocenters. The highest BCUT2D eigenvalue weighted by molar-refractivity contribution is 5.94. The van der Waals surface area contributed by atoms with Gasteiger partial charge in [-0.25, -0.2) is 4.39 Å². The fourth-order valence-electron chi connectivity index (χ4n) is 3.66. The molecule has 0 aliphatic carbocycles. The maximum absolute atomic E-state index is 13.3. The zero-order chi connectivity index (χ0) is 21.8. The molecule has 2 aromatic carbocycles. The van der Waals surface area contributed by atoms with Crippen molar-refractivity contribution in [1.82, 2.24) is 9.88 Å². The number of methoxy groups -OCH3 is 1. The Kier molecular flexibility index (Phi) is 6.02. The molecule has 0 unspecified atom stereocenters. The minimum Gasteiger partial charge on any atom is -0.497 e. The van der Waals surface area contributed by atoms with E-state index in [0.717, 1.165) is 11.3 Å². The van der Waals surface area contributed by atoms with Gasteiger partial charge in [0.05, 0.1) is 7.11 Å². The molecule has 7 heteroatoms. The van der Waals surface area contributed by atoms with E-state index in [1.54, 1.807) is 36.3 Å². The smallest absolute Gasteiger partial charge is 0.261 e. The highest BCUT2D eigenvalue weighted by Crippen LogP contribution is 2.22. The molecule has 1 saturated heterocycles. The van der Waals surface area contributed by atoms with Crippen molar-refractivity contribution in [3.8, 4) is 22.8 Å². The van der Waals surface area contributed by atoms with Crippen molar-refractivity contribution >= 4 is 5.91 Å². The lowest BCUT2D eigenvalue weighted by Gasteiger charge is -2.32. The molecular formula is C24H23FN2O4. The van der Waals surface area contributed by atoms with Crippen LogP contribution in [0.2, 0.25) is 0 Å². The van der Waals surface area contributed by atoms with E-state index in [1.807, 2.05) is 24.3 Å². The van der Waals surface area contributed by atoms with Crippen LogP contribution in [-0.2, 0) is 0 Å². The number of halogens is 1. The highest BCUT2D eigenvalue weighted by atomic mass is 19.1. The molecule has 1 aliphatic rings. The van der Waals surface area contributed by atoms with Gasteiger partial charge in [-0.05, 0) is 54.1 Å². The summed E-state index contributed by atoms with van der Waals surface area (Å²) in [6.45, 7) is 0.941. The number of carbonyl (C=O) groups excluding carboxylic acids is 1. The van der Waals surface area contributed by atoms with Gasteiger partial charge in [0.25, 0.3) is 11.5 Å². The molecule has 1 N–H and O–H groups in total. The Labute approximate surface area is 179 Å². The first-order valence-corrected chi connectivity index (χ1v) is 10.1. The standard InChI is InChI=1S/C24H23FN2O4/c1-30-18-7-5-16(6-8-18)22-10-9-21(23(28)26-22)24(29)27-13-11-19(12-14-27)31-20-4-2-3-17(25)15-20/h2-10,15,19H,11-14H2,1H3,(H,26,28). The summed E-state index contributed by atoms with van der Waals surface area (Å²) in [6.07, 6.45) is 1.13. The maximum atomic E-state index is 13.3. The molecule has 1 amide bonds. The number of rotatable bonds is 5. The Morgan fingerprint density at radius 3 is 2.42 bits per heavy atom. The van der Waals surface area contributed by atoms with E-state index >= 15 is 0 Å². The number of aromatic nitrogens is 1. The third-order valence-electron chi connectivity index (χ3n) is 5.37. The topological polar surface area (TPSA) is 71.6 Å². The zero-order valence-corrected chi connectivity index (χ0v) is 17.1. The van der Waals surface area contributed by atoms with Crippen LogP contribution in [0.1, 0.15) is 23.2 Å². The number of piperidine rings is 1. The van der Waals surface area contributed by atoms with Gasteiger partial charge in [-0.3, -0.25) is 9.59 Å². The number of benzene rings is 2. The lowest BCUT2D eigenvalue weighted by molar-refractivity contribution is 0.0593. The van der Waals surface area contributed by atoms with E-state index in [1.165, 1.54) is 12.1 Å². The van der Waals surface area contributed by atoms with E-state index in [9.17, 15) is 14.0 Å². The molecule has 0 spiro atoms. The third kappa shape index (κ3) is 4.77. The van der Waals surface area contributed by atoms with Crippen molar-refractivity contribution in [2.24, 2.45) is 0 Å². The fraction of sp³-hybridized carbons (Fsp3) is 0.250. The first-order chi connectivity index (χ1) is 15.0. The predicted octanol–water partition coefficient (Wildman–Crippen LogP) is 3.87. The quantitative estimate of drug-likeness (QED) is 0.678. The van der Waals surface area contributed by atoms with Gasteiger partial charge in [0.15, 0.2) is 0 Å². The van der Waals surface area contributed by atoms with Crippen molar-refractivity contribution in [3.05, 3.63) is 82.4 Å². The van der Waals surface area contributed by atoms with Crippen LogP contribution in [0, 0.1) is 5.82 Å². The molecule has 2 heterocycles. The molecule has 4 rings (SSSR count). The Morgan fingerprint density at radius 1 is 1.03 bits per heavy atom. The first-order valence-electron chi connectivity index (χ1n) is 10.1. The number of aromatic amines is 1. The van der Waals surface area contributed by atoms with Gasteiger partial charge in [0.2, 0.25) is 0 Å². The van der Waals surface area contributed by atoms with Crippen LogP contribution in [0.5, 0.6) is 11.5 Å². The van der Waals surface area contributed by atoms with E-state index in [2.05, 4.69) is 4.98 Å². The van der Waals surface area contributed by atoms with Gasteiger partial charge in [0, 0.05) is 37.7 Å². The number of H-pyrrole nitrogens is 1. The summed E-state index contributed by atoms with van der Waals surface area (Å²) in [4.78, 5) is 29.9. The first kappa shape index (κ1) is 20.7. The second kappa shape index (κ2) is 9.04. The van der Waals surface area contributed by atoms with Crippen LogP contribution in [0.3, 0.4) is 0 Å². The van der Waals surface area contributed by atoms with Crippen molar-refractivity contribution in [1.29, 1.82) is 0 Å². The number of hydrogen-bond acceptors (Lipinski definition) is 4. The van der Waals surface area contributed by atoms with E-state index < -0.39 is 5.56 Å². The summed E-state index contributed by atoms with van der Waals surface area (Å²) < 4.78 is 24.3. The van der Waals surface area contributed by atoms with Gasteiger partial charge in [-0.15, -0.1) is 0 Å².